The monoisotopic (exact) mass is 220 g/mol. The number of hydrogen-bond acceptors (Lipinski definition) is 3. The van der Waals surface area contributed by atoms with E-state index in [4.69, 9.17) is 4.52 Å². The Morgan fingerprint density at radius 2 is 1.88 bits per heavy atom. The van der Waals surface area contributed by atoms with Crippen LogP contribution in [0.1, 0.15) is 75.9 Å². The highest BCUT2D eigenvalue weighted by molar-refractivity contribution is 5.13. The first-order valence-electron chi connectivity index (χ1n) is 6.50. The van der Waals surface area contributed by atoms with Crippen LogP contribution in [0.3, 0.4) is 0 Å². The lowest BCUT2D eigenvalue weighted by atomic mass is 9.89. The average molecular weight is 220 g/mol. The van der Waals surface area contributed by atoms with E-state index in [0.29, 0.717) is 17.3 Å². The molecule has 0 radical (unpaired) electrons. The van der Waals surface area contributed by atoms with Crippen molar-refractivity contribution in [3.05, 3.63) is 11.7 Å². The van der Waals surface area contributed by atoms with Crippen LogP contribution in [0.25, 0.3) is 0 Å². The largest absolute Gasteiger partial charge is 0.339 e. The molecule has 16 heavy (non-hydrogen) atoms. The fourth-order valence-electron chi connectivity index (χ4n) is 2.80. The summed E-state index contributed by atoms with van der Waals surface area (Å²) in [5, 5.41) is 4.18. The molecule has 0 aliphatic heterocycles. The van der Waals surface area contributed by atoms with Gasteiger partial charge >= 0.3 is 0 Å². The van der Waals surface area contributed by atoms with Crippen molar-refractivity contribution in [2.75, 3.05) is 0 Å². The van der Waals surface area contributed by atoms with Crippen LogP contribution in [0.2, 0.25) is 0 Å². The van der Waals surface area contributed by atoms with Crippen molar-refractivity contribution >= 4 is 0 Å². The SMILES string of the molecule is CC1(C)CC1c1nc(C2CCCCC2)no1. The van der Waals surface area contributed by atoms with Gasteiger partial charge in [0.15, 0.2) is 5.82 Å². The summed E-state index contributed by atoms with van der Waals surface area (Å²) in [6, 6.07) is 0. The molecule has 2 saturated carbocycles. The maximum atomic E-state index is 5.42. The molecule has 0 amide bonds. The highest BCUT2D eigenvalue weighted by Gasteiger charge is 2.50. The second kappa shape index (κ2) is 3.57. The van der Waals surface area contributed by atoms with E-state index in [2.05, 4.69) is 24.0 Å². The van der Waals surface area contributed by atoms with Crippen LogP contribution in [-0.4, -0.2) is 10.1 Å². The Kier molecular flexibility index (Phi) is 2.30. The summed E-state index contributed by atoms with van der Waals surface area (Å²) < 4.78 is 5.42. The van der Waals surface area contributed by atoms with Gasteiger partial charge in [0, 0.05) is 11.8 Å². The van der Waals surface area contributed by atoms with Crippen LogP contribution in [0.5, 0.6) is 0 Å². The third-order valence-electron chi connectivity index (χ3n) is 4.24. The Balaban J connectivity index is 1.72. The Hall–Kier alpha value is -0.860. The van der Waals surface area contributed by atoms with Crippen LogP contribution >= 0.6 is 0 Å². The summed E-state index contributed by atoms with van der Waals surface area (Å²) in [5.41, 5.74) is 0.385. The van der Waals surface area contributed by atoms with Crippen molar-refractivity contribution in [1.29, 1.82) is 0 Å². The first kappa shape index (κ1) is 10.3. The van der Waals surface area contributed by atoms with Crippen LogP contribution < -0.4 is 0 Å². The van der Waals surface area contributed by atoms with Crippen LogP contribution in [-0.2, 0) is 0 Å². The van der Waals surface area contributed by atoms with Gasteiger partial charge in [0.05, 0.1) is 0 Å². The third-order valence-corrected chi connectivity index (χ3v) is 4.24. The molecular formula is C13H20N2O. The molecule has 1 atom stereocenters. The van der Waals surface area contributed by atoms with Crippen molar-refractivity contribution in [2.24, 2.45) is 5.41 Å². The van der Waals surface area contributed by atoms with E-state index >= 15 is 0 Å². The molecule has 88 valence electrons. The zero-order valence-electron chi connectivity index (χ0n) is 10.2. The van der Waals surface area contributed by atoms with Crippen LogP contribution in [0.15, 0.2) is 4.52 Å². The van der Waals surface area contributed by atoms with Crippen molar-refractivity contribution in [2.45, 2.75) is 64.2 Å². The zero-order chi connectivity index (χ0) is 11.2. The van der Waals surface area contributed by atoms with Gasteiger partial charge in [-0.1, -0.05) is 38.3 Å². The van der Waals surface area contributed by atoms with E-state index in [0.717, 1.165) is 11.7 Å². The molecule has 1 unspecified atom stereocenters. The predicted octanol–water partition coefficient (Wildman–Crippen LogP) is 3.63. The molecule has 1 heterocycles. The fraction of sp³-hybridized carbons (Fsp3) is 0.846. The van der Waals surface area contributed by atoms with Crippen molar-refractivity contribution in [1.82, 2.24) is 10.1 Å². The van der Waals surface area contributed by atoms with Crippen molar-refractivity contribution in [3.8, 4) is 0 Å². The van der Waals surface area contributed by atoms with Crippen molar-refractivity contribution < 1.29 is 4.52 Å². The molecule has 2 fully saturated rings. The molecule has 1 aromatic heterocycles. The van der Waals surface area contributed by atoms with Crippen LogP contribution in [0, 0.1) is 5.41 Å². The van der Waals surface area contributed by atoms with Gasteiger partial charge in [-0.05, 0) is 24.7 Å². The maximum Gasteiger partial charge on any atom is 0.230 e. The standard InChI is InChI=1S/C13H20N2O/c1-13(2)8-10(13)12-14-11(15-16-12)9-6-4-3-5-7-9/h9-10H,3-8H2,1-2H3. The van der Waals surface area contributed by atoms with Gasteiger partial charge in [0.25, 0.3) is 0 Å². The van der Waals surface area contributed by atoms with E-state index in [1.165, 1.54) is 38.5 Å². The summed E-state index contributed by atoms with van der Waals surface area (Å²) in [7, 11) is 0. The molecule has 3 nitrogen and oxygen atoms in total. The Labute approximate surface area is 96.6 Å². The average Bonchev–Trinajstić information content (AvgIpc) is 2.76. The normalized spacial score (nSPS) is 29.2. The minimum absolute atomic E-state index is 0.385. The Morgan fingerprint density at radius 1 is 1.19 bits per heavy atom. The minimum atomic E-state index is 0.385. The predicted molar refractivity (Wildman–Crippen MR) is 61.3 cm³/mol. The van der Waals surface area contributed by atoms with Gasteiger partial charge in [-0.25, -0.2) is 0 Å². The number of nitrogens with zero attached hydrogens (tertiary/aromatic N) is 2. The lowest BCUT2D eigenvalue weighted by Crippen LogP contribution is -2.06. The molecule has 2 aliphatic carbocycles. The van der Waals surface area contributed by atoms with Gasteiger partial charge in [-0.3, -0.25) is 0 Å². The van der Waals surface area contributed by atoms with E-state index in [-0.39, 0.29) is 0 Å². The number of aromatic nitrogens is 2. The van der Waals surface area contributed by atoms with Crippen molar-refractivity contribution in [3.63, 3.8) is 0 Å². The van der Waals surface area contributed by atoms with E-state index in [9.17, 15) is 0 Å². The lowest BCUT2D eigenvalue weighted by molar-refractivity contribution is 0.351. The van der Waals surface area contributed by atoms with Gasteiger partial charge in [-0.15, -0.1) is 0 Å². The lowest BCUT2D eigenvalue weighted by Gasteiger charge is -2.17. The van der Waals surface area contributed by atoms with Gasteiger partial charge in [0.2, 0.25) is 5.89 Å². The summed E-state index contributed by atoms with van der Waals surface area (Å²) >= 11 is 0. The van der Waals surface area contributed by atoms with Crippen LogP contribution in [0.4, 0.5) is 0 Å². The first-order chi connectivity index (χ1) is 7.67. The van der Waals surface area contributed by atoms with E-state index < -0.39 is 0 Å². The Bertz CT molecular complexity index is 377. The smallest absolute Gasteiger partial charge is 0.230 e. The quantitative estimate of drug-likeness (QED) is 0.764. The molecule has 0 saturated heterocycles. The summed E-state index contributed by atoms with van der Waals surface area (Å²) in [5.74, 6) is 2.92. The first-order valence-corrected chi connectivity index (χ1v) is 6.50. The highest BCUT2D eigenvalue weighted by Crippen LogP contribution is 2.58. The van der Waals surface area contributed by atoms with E-state index in [1.54, 1.807) is 0 Å². The molecule has 3 rings (SSSR count). The molecule has 0 N–H and O–H groups in total. The summed E-state index contributed by atoms with van der Waals surface area (Å²) in [4.78, 5) is 4.61. The number of rotatable bonds is 2. The second-order valence-corrected chi connectivity index (χ2v) is 6.07. The third kappa shape index (κ3) is 1.76. The molecule has 3 heteroatoms. The molecule has 0 spiro atoms. The summed E-state index contributed by atoms with van der Waals surface area (Å²) in [6.07, 6.45) is 7.70. The highest BCUT2D eigenvalue weighted by atomic mass is 16.5. The van der Waals surface area contributed by atoms with E-state index in [1.807, 2.05) is 0 Å². The zero-order valence-corrected chi connectivity index (χ0v) is 10.2. The van der Waals surface area contributed by atoms with Gasteiger partial charge < -0.3 is 4.52 Å². The molecule has 1 aromatic rings. The summed E-state index contributed by atoms with van der Waals surface area (Å²) in [6.45, 7) is 4.53. The Morgan fingerprint density at radius 3 is 2.50 bits per heavy atom. The van der Waals surface area contributed by atoms with Gasteiger partial charge in [-0.2, -0.15) is 4.98 Å². The topological polar surface area (TPSA) is 38.9 Å². The van der Waals surface area contributed by atoms with Gasteiger partial charge in [0.1, 0.15) is 0 Å². The maximum absolute atomic E-state index is 5.42. The molecular weight excluding hydrogens is 200 g/mol. The second-order valence-electron chi connectivity index (χ2n) is 6.07. The molecule has 0 bridgehead atoms. The number of hydrogen-bond donors (Lipinski definition) is 0. The fourth-order valence-corrected chi connectivity index (χ4v) is 2.80. The minimum Gasteiger partial charge on any atom is -0.339 e. The molecule has 2 aliphatic rings. The molecule has 0 aromatic carbocycles.